The van der Waals surface area contributed by atoms with Gasteiger partial charge in [-0.15, -0.1) is 0 Å². The third-order valence-electron chi connectivity index (χ3n) is 2.33. The summed E-state index contributed by atoms with van der Waals surface area (Å²) < 4.78 is 5.60. The van der Waals surface area contributed by atoms with Gasteiger partial charge in [0.1, 0.15) is 12.4 Å². The van der Waals surface area contributed by atoms with E-state index in [0.29, 0.717) is 13.0 Å². The number of pyridine rings is 1. The molecule has 0 unspecified atom stereocenters. The van der Waals surface area contributed by atoms with Crippen LogP contribution in [0.1, 0.15) is 11.1 Å². The topological polar surface area (TPSA) is 45.9 Å². The Balaban J connectivity index is 1.94. The molecule has 0 aliphatic rings. The summed E-state index contributed by atoms with van der Waals surface area (Å²) in [4.78, 5) is 4.02. The van der Waals surface area contributed by atoms with Crippen LogP contribution in [0, 0.1) is 11.3 Å². The van der Waals surface area contributed by atoms with Crippen LogP contribution in [0.2, 0.25) is 0 Å². The first-order valence-electron chi connectivity index (χ1n) is 5.36. The van der Waals surface area contributed by atoms with E-state index in [0.717, 1.165) is 16.9 Å². The van der Waals surface area contributed by atoms with Crippen molar-refractivity contribution >= 4 is 0 Å². The highest BCUT2D eigenvalue weighted by atomic mass is 16.5. The van der Waals surface area contributed by atoms with Crippen molar-refractivity contribution in [2.24, 2.45) is 0 Å². The maximum atomic E-state index is 8.55. The van der Waals surface area contributed by atoms with Gasteiger partial charge in [0.2, 0.25) is 0 Å². The molecule has 2 aromatic rings. The lowest BCUT2D eigenvalue weighted by atomic mass is 10.2. The number of benzene rings is 1. The summed E-state index contributed by atoms with van der Waals surface area (Å²) in [6.07, 6.45) is 3.95. The third-order valence-corrected chi connectivity index (χ3v) is 2.33. The first kappa shape index (κ1) is 11.2. The highest BCUT2D eigenvalue weighted by Crippen LogP contribution is 2.14. The second-order valence-corrected chi connectivity index (χ2v) is 3.63. The van der Waals surface area contributed by atoms with Gasteiger partial charge in [-0.2, -0.15) is 5.26 Å². The fourth-order valence-electron chi connectivity index (χ4n) is 1.44. The normalized spacial score (nSPS) is 9.59. The van der Waals surface area contributed by atoms with Gasteiger partial charge in [-0.05, 0) is 23.8 Å². The Bertz CT molecular complexity index is 500. The van der Waals surface area contributed by atoms with Crippen LogP contribution in [-0.2, 0) is 13.0 Å². The maximum Gasteiger partial charge on any atom is 0.119 e. The van der Waals surface area contributed by atoms with Crippen molar-refractivity contribution in [3.8, 4) is 11.8 Å². The predicted octanol–water partition coefficient (Wildman–Crippen LogP) is 2.73. The molecule has 0 radical (unpaired) electrons. The fraction of sp³-hybridized carbons (Fsp3) is 0.143. The minimum absolute atomic E-state index is 0.433. The van der Waals surface area contributed by atoms with E-state index in [-0.39, 0.29) is 0 Å². The van der Waals surface area contributed by atoms with Gasteiger partial charge in [-0.3, -0.25) is 4.98 Å². The first-order chi connectivity index (χ1) is 8.38. The quantitative estimate of drug-likeness (QED) is 0.802. The molecule has 84 valence electrons. The van der Waals surface area contributed by atoms with Gasteiger partial charge in [0.05, 0.1) is 12.5 Å². The zero-order valence-electron chi connectivity index (χ0n) is 9.34. The van der Waals surface area contributed by atoms with Gasteiger partial charge in [0, 0.05) is 18.0 Å². The van der Waals surface area contributed by atoms with E-state index in [1.807, 2.05) is 36.4 Å². The Labute approximate surface area is 100 Å². The average Bonchev–Trinajstić information content (AvgIpc) is 2.40. The van der Waals surface area contributed by atoms with E-state index < -0.39 is 0 Å². The number of nitrogens with zero attached hydrogens (tertiary/aromatic N) is 2. The summed E-state index contributed by atoms with van der Waals surface area (Å²) in [5.74, 6) is 0.801. The summed E-state index contributed by atoms with van der Waals surface area (Å²) >= 11 is 0. The summed E-state index contributed by atoms with van der Waals surface area (Å²) in [7, 11) is 0. The zero-order chi connectivity index (χ0) is 11.9. The van der Waals surface area contributed by atoms with E-state index in [4.69, 9.17) is 10.00 Å². The van der Waals surface area contributed by atoms with Crippen molar-refractivity contribution in [3.05, 3.63) is 59.9 Å². The molecule has 0 fully saturated rings. The van der Waals surface area contributed by atoms with Gasteiger partial charge in [0.15, 0.2) is 0 Å². The molecule has 0 aliphatic carbocycles. The highest BCUT2D eigenvalue weighted by molar-refractivity contribution is 5.28. The number of aromatic nitrogens is 1. The van der Waals surface area contributed by atoms with Crippen LogP contribution < -0.4 is 4.74 Å². The standard InChI is InChI=1S/C14H12N2O/c15-8-7-12-3-5-14(6-4-12)17-11-13-2-1-9-16-10-13/h1-6,9-10H,7,11H2. The van der Waals surface area contributed by atoms with Crippen LogP contribution in [0.5, 0.6) is 5.75 Å². The molecule has 2 rings (SSSR count). The van der Waals surface area contributed by atoms with Gasteiger partial charge in [0.25, 0.3) is 0 Å². The van der Waals surface area contributed by atoms with Crippen LogP contribution >= 0.6 is 0 Å². The summed E-state index contributed by atoms with van der Waals surface area (Å²) in [5.41, 5.74) is 2.04. The predicted molar refractivity (Wildman–Crippen MR) is 64.3 cm³/mol. The SMILES string of the molecule is N#CCc1ccc(OCc2cccnc2)cc1. The average molecular weight is 224 g/mol. The van der Waals surface area contributed by atoms with Crippen molar-refractivity contribution in [2.75, 3.05) is 0 Å². The van der Waals surface area contributed by atoms with Gasteiger partial charge >= 0.3 is 0 Å². The molecule has 17 heavy (non-hydrogen) atoms. The van der Waals surface area contributed by atoms with Crippen LogP contribution in [0.3, 0.4) is 0 Å². The van der Waals surface area contributed by atoms with E-state index in [9.17, 15) is 0 Å². The molecule has 0 saturated carbocycles. The van der Waals surface area contributed by atoms with Crippen molar-refractivity contribution in [1.82, 2.24) is 4.98 Å². The van der Waals surface area contributed by atoms with E-state index in [2.05, 4.69) is 11.1 Å². The van der Waals surface area contributed by atoms with Crippen LogP contribution in [0.15, 0.2) is 48.8 Å². The molecule has 0 saturated heterocycles. The first-order valence-corrected chi connectivity index (χ1v) is 5.36. The molecule has 0 N–H and O–H groups in total. The Kier molecular flexibility index (Phi) is 3.72. The molecular formula is C14H12N2O. The molecule has 1 aromatic heterocycles. The van der Waals surface area contributed by atoms with Crippen molar-refractivity contribution in [1.29, 1.82) is 5.26 Å². The van der Waals surface area contributed by atoms with Gasteiger partial charge < -0.3 is 4.74 Å². The second-order valence-electron chi connectivity index (χ2n) is 3.63. The highest BCUT2D eigenvalue weighted by Gasteiger charge is 1.96. The molecule has 0 atom stereocenters. The lowest BCUT2D eigenvalue weighted by molar-refractivity contribution is 0.305. The van der Waals surface area contributed by atoms with E-state index in [1.165, 1.54) is 0 Å². The summed E-state index contributed by atoms with van der Waals surface area (Å²) in [6, 6.07) is 13.5. The van der Waals surface area contributed by atoms with Crippen molar-refractivity contribution < 1.29 is 4.74 Å². The van der Waals surface area contributed by atoms with Crippen LogP contribution in [0.25, 0.3) is 0 Å². The van der Waals surface area contributed by atoms with Crippen LogP contribution in [0.4, 0.5) is 0 Å². The summed E-state index contributed by atoms with van der Waals surface area (Å²) in [6.45, 7) is 0.505. The van der Waals surface area contributed by atoms with Gasteiger partial charge in [-0.25, -0.2) is 0 Å². The largest absolute Gasteiger partial charge is 0.489 e. The maximum absolute atomic E-state index is 8.55. The number of ether oxygens (including phenoxy) is 1. The van der Waals surface area contributed by atoms with E-state index >= 15 is 0 Å². The number of hydrogen-bond donors (Lipinski definition) is 0. The Morgan fingerprint density at radius 3 is 2.59 bits per heavy atom. The molecule has 0 amide bonds. The molecule has 3 heteroatoms. The molecule has 1 heterocycles. The Hall–Kier alpha value is -2.34. The lowest BCUT2D eigenvalue weighted by Gasteiger charge is -2.06. The second kappa shape index (κ2) is 5.66. The summed E-state index contributed by atoms with van der Waals surface area (Å²) in [5, 5.41) is 8.55. The van der Waals surface area contributed by atoms with Crippen molar-refractivity contribution in [2.45, 2.75) is 13.0 Å². The molecule has 0 aliphatic heterocycles. The van der Waals surface area contributed by atoms with E-state index in [1.54, 1.807) is 12.4 Å². The Morgan fingerprint density at radius 1 is 1.12 bits per heavy atom. The van der Waals surface area contributed by atoms with Gasteiger partial charge in [-0.1, -0.05) is 18.2 Å². The Morgan fingerprint density at radius 2 is 1.94 bits per heavy atom. The minimum atomic E-state index is 0.433. The van der Waals surface area contributed by atoms with Crippen LogP contribution in [-0.4, -0.2) is 4.98 Å². The molecule has 0 spiro atoms. The number of nitriles is 1. The number of rotatable bonds is 4. The molecule has 1 aromatic carbocycles. The monoisotopic (exact) mass is 224 g/mol. The zero-order valence-corrected chi connectivity index (χ0v) is 9.34. The lowest BCUT2D eigenvalue weighted by Crippen LogP contribution is -1.95. The minimum Gasteiger partial charge on any atom is -0.489 e. The fourth-order valence-corrected chi connectivity index (χ4v) is 1.44. The molecule has 0 bridgehead atoms. The number of hydrogen-bond acceptors (Lipinski definition) is 3. The third kappa shape index (κ3) is 3.32. The molecular weight excluding hydrogens is 212 g/mol. The smallest absolute Gasteiger partial charge is 0.119 e. The molecule has 3 nitrogen and oxygen atoms in total. The van der Waals surface area contributed by atoms with Crippen molar-refractivity contribution in [3.63, 3.8) is 0 Å².